The zero-order valence-corrected chi connectivity index (χ0v) is 12.6. The van der Waals surface area contributed by atoms with E-state index < -0.39 is 0 Å². The van der Waals surface area contributed by atoms with Crippen LogP contribution in [-0.2, 0) is 6.54 Å². The Morgan fingerprint density at radius 2 is 1.90 bits per heavy atom. The van der Waals surface area contributed by atoms with Crippen molar-refractivity contribution in [2.45, 2.75) is 26.8 Å². The zero-order valence-electron chi connectivity index (χ0n) is 12.6. The van der Waals surface area contributed by atoms with Crippen molar-refractivity contribution in [3.8, 4) is 0 Å². The van der Waals surface area contributed by atoms with Crippen LogP contribution < -0.4 is 10.2 Å². The van der Waals surface area contributed by atoms with Gasteiger partial charge in [-0.2, -0.15) is 0 Å². The Balaban J connectivity index is 2.20. The third kappa shape index (κ3) is 3.58. The number of nitrogens with one attached hydrogen (secondary N) is 1. The fraction of sp³-hybridized carbons (Fsp3) is 0.353. The van der Waals surface area contributed by atoms with E-state index in [1.807, 2.05) is 12.4 Å². The van der Waals surface area contributed by atoms with Crippen molar-refractivity contribution in [1.29, 1.82) is 0 Å². The van der Waals surface area contributed by atoms with E-state index in [9.17, 15) is 0 Å². The molecule has 0 amide bonds. The number of nitrogens with zero attached hydrogens (tertiary/aromatic N) is 2. The van der Waals surface area contributed by atoms with Crippen molar-refractivity contribution in [1.82, 2.24) is 10.3 Å². The molecule has 106 valence electrons. The molecule has 3 heteroatoms. The van der Waals surface area contributed by atoms with Gasteiger partial charge in [0.15, 0.2) is 0 Å². The Morgan fingerprint density at radius 3 is 2.60 bits per heavy atom. The second-order valence-electron chi connectivity index (χ2n) is 5.08. The molecule has 0 aliphatic heterocycles. The van der Waals surface area contributed by atoms with E-state index in [0.29, 0.717) is 0 Å². The van der Waals surface area contributed by atoms with E-state index in [1.165, 1.54) is 16.8 Å². The summed E-state index contributed by atoms with van der Waals surface area (Å²) in [5.41, 5.74) is 4.88. The molecule has 0 atom stereocenters. The maximum atomic E-state index is 4.27. The van der Waals surface area contributed by atoms with E-state index in [0.717, 1.165) is 25.2 Å². The van der Waals surface area contributed by atoms with Crippen molar-refractivity contribution in [2.75, 3.05) is 18.5 Å². The molecule has 2 aromatic rings. The van der Waals surface area contributed by atoms with E-state index in [-0.39, 0.29) is 0 Å². The highest BCUT2D eigenvalue weighted by Gasteiger charge is 2.09. The summed E-state index contributed by atoms with van der Waals surface area (Å²) in [5, 5.41) is 3.45. The van der Waals surface area contributed by atoms with Crippen LogP contribution in [-0.4, -0.2) is 18.6 Å². The standard InChI is InChI=1S/C17H23N3/c1-4-10-18-12-15-9-11-19-13-17(15)20(3)16-7-5-14(2)6-8-16/h5-9,11,13,18H,4,10,12H2,1-3H3. The van der Waals surface area contributed by atoms with Crippen LogP contribution in [0.4, 0.5) is 11.4 Å². The highest BCUT2D eigenvalue weighted by molar-refractivity contribution is 5.64. The molecule has 0 aliphatic rings. The van der Waals surface area contributed by atoms with E-state index in [2.05, 4.69) is 66.4 Å². The highest BCUT2D eigenvalue weighted by atomic mass is 15.1. The molecule has 2 rings (SSSR count). The number of pyridine rings is 1. The molecule has 0 bridgehead atoms. The topological polar surface area (TPSA) is 28.2 Å². The summed E-state index contributed by atoms with van der Waals surface area (Å²) >= 11 is 0. The van der Waals surface area contributed by atoms with Gasteiger partial charge in [-0.25, -0.2) is 0 Å². The third-order valence-electron chi connectivity index (χ3n) is 3.41. The molecule has 0 spiro atoms. The molecule has 0 saturated heterocycles. The van der Waals surface area contributed by atoms with Crippen LogP contribution in [0.15, 0.2) is 42.7 Å². The van der Waals surface area contributed by atoms with E-state index >= 15 is 0 Å². The minimum Gasteiger partial charge on any atom is -0.343 e. The maximum Gasteiger partial charge on any atom is 0.0640 e. The van der Waals surface area contributed by atoms with Gasteiger partial charge >= 0.3 is 0 Å². The van der Waals surface area contributed by atoms with Crippen LogP contribution in [0.2, 0.25) is 0 Å². The van der Waals surface area contributed by atoms with Gasteiger partial charge in [-0.05, 0) is 43.7 Å². The minimum atomic E-state index is 0.877. The zero-order chi connectivity index (χ0) is 14.4. The van der Waals surface area contributed by atoms with Crippen molar-refractivity contribution in [3.63, 3.8) is 0 Å². The van der Waals surface area contributed by atoms with Gasteiger partial charge in [0.2, 0.25) is 0 Å². The van der Waals surface area contributed by atoms with E-state index in [1.54, 1.807) is 0 Å². The predicted molar refractivity (Wildman–Crippen MR) is 85.5 cm³/mol. The lowest BCUT2D eigenvalue weighted by Gasteiger charge is -2.22. The maximum absolute atomic E-state index is 4.27. The second kappa shape index (κ2) is 7.06. The van der Waals surface area contributed by atoms with Gasteiger partial charge in [0, 0.05) is 25.5 Å². The molecule has 3 nitrogen and oxygen atoms in total. The Kier molecular flexibility index (Phi) is 5.13. The van der Waals surface area contributed by atoms with Gasteiger partial charge in [0.1, 0.15) is 0 Å². The summed E-state index contributed by atoms with van der Waals surface area (Å²) in [5.74, 6) is 0. The number of hydrogen-bond donors (Lipinski definition) is 1. The number of anilines is 2. The predicted octanol–water partition coefficient (Wildman–Crippen LogP) is 3.66. The van der Waals surface area contributed by atoms with E-state index in [4.69, 9.17) is 0 Å². The molecule has 0 saturated carbocycles. The van der Waals surface area contributed by atoms with Crippen LogP contribution in [0.1, 0.15) is 24.5 Å². The van der Waals surface area contributed by atoms with Crippen LogP contribution in [0.25, 0.3) is 0 Å². The number of aryl methyl sites for hydroxylation is 1. The molecule has 0 fully saturated rings. The first-order valence-corrected chi connectivity index (χ1v) is 7.16. The van der Waals surface area contributed by atoms with Crippen LogP contribution >= 0.6 is 0 Å². The Hall–Kier alpha value is -1.87. The molecule has 0 radical (unpaired) electrons. The summed E-state index contributed by atoms with van der Waals surface area (Å²) in [7, 11) is 2.09. The third-order valence-corrected chi connectivity index (χ3v) is 3.41. The molecule has 1 N–H and O–H groups in total. The molecule has 1 aromatic heterocycles. The Labute approximate surface area is 121 Å². The second-order valence-corrected chi connectivity index (χ2v) is 5.08. The monoisotopic (exact) mass is 269 g/mol. The first-order chi connectivity index (χ1) is 9.72. The number of benzene rings is 1. The summed E-state index contributed by atoms with van der Waals surface area (Å²) in [4.78, 5) is 6.46. The summed E-state index contributed by atoms with van der Waals surface area (Å²) < 4.78 is 0. The van der Waals surface area contributed by atoms with Crippen molar-refractivity contribution < 1.29 is 0 Å². The fourth-order valence-corrected chi connectivity index (χ4v) is 2.17. The molecular formula is C17H23N3. The molecular weight excluding hydrogens is 246 g/mol. The first kappa shape index (κ1) is 14.5. The van der Waals surface area contributed by atoms with Crippen LogP contribution in [0.5, 0.6) is 0 Å². The highest BCUT2D eigenvalue weighted by Crippen LogP contribution is 2.26. The number of rotatable bonds is 6. The summed E-state index contributed by atoms with van der Waals surface area (Å²) in [6, 6.07) is 10.6. The molecule has 0 aliphatic carbocycles. The van der Waals surface area contributed by atoms with Crippen molar-refractivity contribution in [2.24, 2.45) is 0 Å². The quantitative estimate of drug-likeness (QED) is 0.811. The lowest BCUT2D eigenvalue weighted by molar-refractivity contribution is 0.675. The summed E-state index contributed by atoms with van der Waals surface area (Å²) in [6.45, 7) is 6.20. The van der Waals surface area contributed by atoms with Crippen molar-refractivity contribution in [3.05, 3.63) is 53.9 Å². The van der Waals surface area contributed by atoms with Gasteiger partial charge in [0.25, 0.3) is 0 Å². The molecule has 1 heterocycles. The first-order valence-electron chi connectivity index (χ1n) is 7.16. The molecule has 0 unspecified atom stereocenters. The van der Waals surface area contributed by atoms with Gasteiger partial charge < -0.3 is 10.2 Å². The normalized spacial score (nSPS) is 10.6. The lowest BCUT2D eigenvalue weighted by Crippen LogP contribution is -2.18. The van der Waals surface area contributed by atoms with Gasteiger partial charge in [0.05, 0.1) is 11.9 Å². The Morgan fingerprint density at radius 1 is 1.15 bits per heavy atom. The van der Waals surface area contributed by atoms with Crippen LogP contribution in [0, 0.1) is 6.92 Å². The number of aromatic nitrogens is 1. The average Bonchev–Trinajstić information content (AvgIpc) is 2.48. The SMILES string of the molecule is CCCNCc1ccncc1N(C)c1ccc(C)cc1. The van der Waals surface area contributed by atoms with Gasteiger partial charge in [-0.3, -0.25) is 4.98 Å². The average molecular weight is 269 g/mol. The fourth-order valence-electron chi connectivity index (χ4n) is 2.17. The van der Waals surface area contributed by atoms with Crippen molar-refractivity contribution >= 4 is 11.4 Å². The van der Waals surface area contributed by atoms with Gasteiger partial charge in [-0.15, -0.1) is 0 Å². The van der Waals surface area contributed by atoms with Crippen LogP contribution in [0.3, 0.4) is 0 Å². The lowest BCUT2D eigenvalue weighted by atomic mass is 10.1. The smallest absolute Gasteiger partial charge is 0.0640 e. The Bertz CT molecular complexity index is 534. The molecule has 20 heavy (non-hydrogen) atoms. The minimum absolute atomic E-state index is 0.877. The largest absolute Gasteiger partial charge is 0.343 e. The molecule has 1 aromatic carbocycles. The van der Waals surface area contributed by atoms with Gasteiger partial charge in [-0.1, -0.05) is 24.6 Å². The number of hydrogen-bond acceptors (Lipinski definition) is 3. The summed E-state index contributed by atoms with van der Waals surface area (Å²) in [6.07, 6.45) is 4.94.